The third-order valence-electron chi connectivity index (χ3n) is 9.88. The van der Waals surface area contributed by atoms with Crippen LogP contribution in [0.5, 0.6) is 0 Å². The second-order valence-corrected chi connectivity index (χ2v) is 16.7. The number of benzene rings is 1. The summed E-state index contributed by atoms with van der Waals surface area (Å²) in [6.45, 7) is 9.47. The van der Waals surface area contributed by atoms with Crippen LogP contribution in [0.3, 0.4) is 0 Å². The Balaban J connectivity index is 1.28. The van der Waals surface area contributed by atoms with Crippen molar-refractivity contribution in [1.29, 1.82) is 0 Å². The molecule has 15 heteroatoms. The van der Waals surface area contributed by atoms with Crippen molar-refractivity contribution >= 4 is 39.9 Å². The van der Waals surface area contributed by atoms with Gasteiger partial charge < -0.3 is 25.0 Å². The van der Waals surface area contributed by atoms with Gasteiger partial charge in [-0.05, 0) is 48.3 Å². The van der Waals surface area contributed by atoms with Crippen LogP contribution in [-0.4, -0.2) is 90.3 Å². The molecular formula is C35H43N5O9S. The minimum Gasteiger partial charge on any atom is -0.450 e. The average molecular weight is 710 g/mol. The van der Waals surface area contributed by atoms with E-state index in [1.54, 1.807) is 20.8 Å². The molecule has 4 bridgehead atoms. The highest BCUT2D eigenvalue weighted by Crippen LogP contribution is 2.45. The Labute approximate surface area is 291 Å². The van der Waals surface area contributed by atoms with Crippen LogP contribution in [0.4, 0.5) is 9.59 Å². The molecule has 0 radical (unpaired) electrons. The van der Waals surface area contributed by atoms with Crippen LogP contribution in [0.1, 0.15) is 76.0 Å². The smallest absolute Gasteiger partial charge is 0.410 e. The Morgan fingerprint density at radius 2 is 1.92 bits per heavy atom. The number of hydrogen-bond donors (Lipinski definition) is 3. The number of nitrogens with zero attached hydrogens (tertiary/aromatic N) is 2. The predicted octanol–water partition coefficient (Wildman–Crippen LogP) is 2.06. The first-order valence-corrected chi connectivity index (χ1v) is 18.5. The fourth-order valence-electron chi connectivity index (χ4n) is 6.74. The summed E-state index contributed by atoms with van der Waals surface area (Å²) in [7, 11) is -3.91. The lowest BCUT2D eigenvalue weighted by atomic mass is 9.85. The number of amides is 5. The normalized spacial score (nSPS) is 28.4. The molecule has 268 valence electrons. The first-order valence-electron chi connectivity index (χ1n) is 16.9. The van der Waals surface area contributed by atoms with Gasteiger partial charge in [-0.15, -0.1) is 6.58 Å². The minimum atomic E-state index is -3.91. The van der Waals surface area contributed by atoms with Gasteiger partial charge in [-0.1, -0.05) is 50.8 Å². The molecule has 1 saturated heterocycles. The molecule has 14 nitrogen and oxygen atoms in total. The Morgan fingerprint density at radius 1 is 1.16 bits per heavy atom. The molecule has 5 aliphatic rings. The lowest BCUT2D eigenvalue weighted by Gasteiger charge is -2.35. The van der Waals surface area contributed by atoms with E-state index in [0.717, 1.165) is 16.7 Å². The fourth-order valence-corrected chi connectivity index (χ4v) is 8.10. The molecule has 5 amide bonds. The van der Waals surface area contributed by atoms with Crippen LogP contribution in [0.25, 0.3) is 0 Å². The molecular weight excluding hydrogens is 666 g/mol. The monoisotopic (exact) mass is 709 g/mol. The highest BCUT2D eigenvalue weighted by molar-refractivity contribution is 7.91. The zero-order valence-electron chi connectivity index (χ0n) is 28.5. The number of sulfonamides is 1. The number of carbonyl (C=O) groups is 5. The van der Waals surface area contributed by atoms with Crippen LogP contribution in [0.2, 0.25) is 0 Å². The van der Waals surface area contributed by atoms with Crippen molar-refractivity contribution < 1.29 is 41.9 Å². The summed E-state index contributed by atoms with van der Waals surface area (Å²) in [6.07, 6.45) is 0.952. The number of ether oxygens (including phenoxy) is 2. The molecule has 2 aliphatic carbocycles. The van der Waals surface area contributed by atoms with Crippen molar-refractivity contribution in [3.8, 4) is 11.8 Å². The van der Waals surface area contributed by atoms with Crippen molar-refractivity contribution in [2.75, 3.05) is 13.2 Å². The number of nitrogens with one attached hydrogen (secondary N) is 3. The van der Waals surface area contributed by atoms with Gasteiger partial charge in [0.1, 0.15) is 23.7 Å². The van der Waals surface area contributed by atoms with Crippen molar-refractivity contribution in [2.45, 2.75) is 101 Å². The number of fused-ring (bicyclic) bond motifs is 3. The zero-order valence-corrected chi connectivity index (χ0v) is 29.3. The van der Waals surface area contributed by atoms with Gasteiger partial charge >= 0.3 is 12.2 Å². The zero-order chi connectivity index (χ0) is 36.0. The average Bonchev–Trinajstić information content (AvgIpc) is 3.94. The topological polar surface area (TPSA) is 181 Å². The number of hydrogen-bond acceptors (Lipinski definition) is 9. The lowest BCUT2D eigenvalue weighted by Crippen LogP contribution is -2.60. The summed E-state index contributed by atoms with van der Waals surface area (Å²) >= 11 is 0. The second kappa shape index (κ2) is 13.3. The van der Waals surface area contributed by atoms with Crippen LogP contribution >= 0.6 is 0 Å². The van der Waals surface area contributed by atoms with E-state index in [4.69, 9.17) is 9.47 Å². The summed E-state index contributed by atoms with van der Waals surface area (Å²) in [5.41, 5.74) is 0.217. The third kappa shape index (κ3) is 7.17. The quantitative estimate of drug-likeness (QED) is 0.294. The first-order chi connectivity index (χ1) is 23.6. The maximum atomic E-state index is 14.3. The van der Waals surface area contributed by atoms with E-state index in [2.05, 4.69) is 33.8 Å². The van der Waals surface area contributed by atoms with E-state index >= 15 is 0 Å². The van der Waals surface area contributed by atoms with E-state index in [-0.39, 0.29) is 32.5 Å². The molecule has 3 fully saturated rings. The SMILES string of the molecule is C=C[C@@H]1C[C@@]1(NC(=O)[C@@H]1CC2CN1C(=O)[C@H](C(C)(C)C)NC(=O)OCCCC#Cc1cccc3c1CN(C3)C(=O)O2)C(=O)NS(=O)(=O)C1CC1. The molecule has 2 saturated carbocycles. The van der Waals surface area contributed by atoms with Crippen LogP contribution in [0.15, 0.2) is 30.9 Å². The van der Waals surface area contributed by atoms with Gasteiger partial charge in [-0.25, -0.2) is 18.0 Å². The highest BCUT2D eigenvalue weighted by atomic mass is 32.2. The van der Waals surface area contributed by atoms with E-state index in [0.29, 0.717) is 32.2 Å². The van der Waals surface area contributed by atoms with Crippen molar-refractivity contribution in [2.24, 2.45) is 11.3 Å². The van der Waals surface area contributed by atoms with E-state index < -0.39 is 80.2 Å². The summed E-state index contributed by atoms with van der Waals surface area (Å²) in [5.74, 6) is 3.51. The number of rotatable bonds is 6. The maximum absolute atomic E-state index is 14.3. The minimum absolute atomic E-state index is 0.0660. The van der Waals surface area contributed by atoms with Crippen LogP contribution < -0.4 is 15.4 Å². The van der Waals surface area contributed by atoms with Gasteiger partial charge in [-0.2, -0.15) is 0 Å². The molecule has 3 aliphatic heterocycles. The Bertz CT molecular complexity index is 1790. The molecule has 0 spiro atoms. The first kappa shape index (κ1) is 35.3. The molecule has 3 heterocycles. The Kier molecular flexibility index (Phi) is 9.36. The van der Waals surface area contributed by atoms with Gasteiger partial charge in [0, 0.05) is 30.9 Å². The van der Waals surface area contributed by atoms with Crippen LogP contribution in [0, 0.1) is 23.2 Å². The van der Waals surface area contributed by atoms with Gasteiger partial charge in [0.15, 0.2) is 0 Å². The summed E-state index contributed by atoms with van der Waals surface area (Å²) < 4.78 is 38.7. The fraction of sp³-hybridized carbons (Fsp3) is 0.571. The largest absolute Gasteiger partial charge is 0.450 e. The predicted molar refractivity (Wildman–Crippen MR) is 179 cm³/mol. The second-order valence-electron chi connectivity index (χ2n) is 14.7. The summed E-state index contributed by atoms with van der Waals surface area (Å²) in [6, 6.07) is 3.31. The molecule has 1 aromatic carbocycles. The highest BCUT2D eigenvalue weighted by Gasteiger charge is 2.62. The maximum Gasteiger partial charge on any atom is 0.410 e. The number of cyclic esters (lactones) is 1. The summed E-state index contributed by atoms with van der Waals surface area (Å²) in [5, 5.41) is 4.73. The van der Waals surface area contributed by atoms with E-state index in [1.165, 1.54) is 15.9 Å². The van der Waals surface area contributed by atoms with E-state index in [9.17, 15) is 32.4 Å². The number of carbonyl (C=O) groups excluding carboxylic acids is 5. The van der Waals surface area contributed by atoms with Crippen molar-refractivity contribution in [1.82, 2.24) is 25.2 Å². The van der Waals surface area contributed by atoms with Gasteiger partial charge in [-0.3, -0.25) is 24.0 Å². The summed E-state index contributed by atoms with van der Waals surface area (Å²) in [4.78, 5) is 71.0. The lowest BCUT2D eigenvalue weighted by molar-refractivity contribution is -0.142. The van der Waals surface area contributed by atoms with Gasteiger partial charge in [0.05, 0.1) is 24.9 Å². The third-order valence-corrected chi connectivity index (χ3v) is 11.7. The molecule has 1 aromatic rings. The molecule has 1 unspecified atom stereocenters. The number of alkyl carbamates (subject to hydrolysis) is 1. The van der Waals surface area contributed by atoms with Gasteiger partial charge in [0.25, 0.3) is 5.91 Å². The van der Waals surface area contributed by atoms with Crippen molar-refractivity contribution in [3.05, 3.63) is 47.5 Å². The molecule has 3 N–H and O–H groups in total. The van der Waals surface area contributed by atoms with Gasteiger partial charge in [0.2, 0.25) is 21.8 Å². The van der Waals surface area contributed by atoms with Crippen molar-refractivity contribution in [3.63, 3.8) is 0 Å². The van der Waals surface area contributed by atoms with Crippen LogP contribution in [-0.2, 0) is 47.0 Å². The molecule has 50 heavy (non-hydrogen) atoms. The standard InChI is InChI=1S/C35H43N5O9S/c1-5-23-17-35(23,31(43)38-50(46,47)25-13-14-25)37-29(41)27-16-24-19-40(27)30(42)28(34(2,3)4)36-32(44)48-15-8-6-7-10-21-11-9-12-22-18-39(20-26(21)22)33(45)49-24/h5,9,11-12,23-25,27-28H,1,6,8,13-20H2,2-4H3,(H,36,44)(H,37,41)(H,38,43)/t23-,24?,27+,28-,35+/m1/s1. The molecule has 6 rings (SSSR count). The molecule has 0 aromatic heterocycles. The molecule has 5 atom stereocenters. The Morgan fingerprint density at radius 3 is 2.60 bits per heavy atom. The van der Waals surface area contributed by atoms with E-state index in [1.807, 2.05) is 18.2 Å². The Hall–Kier alpha value is -4.58.